The maximum Gasteiger partial charge on any atom is 0.339 e. The van der Waals surface area contributed by atoms with Crippen molar-refractivity contribution in [1.82, 2.24) is 4.98 Å². The number of rotatable bonds is 2. The molecule has 0 saturated carbocycles. The second-order valence-corrected chi connectivity index (χ2v) is 2.25. The first-order chi connectivity index (χ1) is 6.29. The van der Waals surface area contributed by atoms with Crippen LogP contribution in [0.2, 0.25) is 0 Å². The Morgan fingerprint density at radius 1 is 1.77 bits per heavy atom. The molecule has 0 amide bonds. The van der Waals surface area contributed by atoms with Crippen molar-refractivity contribution in [3.8, 4) is 6.07 Å². The van der Waals surface area contributed by atoms with Gasteiger partial charge in [-0.2, -0.15) is 5.26 Å². The number of esters is 1. The molecule has 13 heavy (non-hydrogen) atoms. The lowest BCUT2D eigenvalue weighted by Crippen LogP contribution is -2.06. The van der Waals surface area contributed by atoms with E-state index in [1.807, 2.05) is 6.07 Å². The molecule has 66 valence electrons. The molecule has 1 aromatic rings. The zero-order chi connectivity index (χ0) is 9.68. The Labute approximate surface area is 75.8 Å². The molecule has 1 aromatic heterocycles. The van der Waals surface area contributed by atoms with E-state index in [1.165, 1.54) is 18.5 Å². The largest absolute Gasteiger partial charge is 0.462 e. The van der Waals surface area contributed by atoms with Crippen molar-refractivity contribution in [3.05, 3.63) is 29.6 Å². The van der Waals surface area contributed by atoms with E-state index in [-0.39, 0.29) is 11.1 Å². The number of nitriles is 1. The quantitative estimate of drug-likeness (QED) is 0.633. The molecule has 0 aliphatic carbocycles. The molecule has 1 rings (SSSR count). The van der Waals surface area contributed by atoms with Crippen LogP contribution in [0.1, 0.15) is 22.8 Å². The fourth-order valence-electron chi connectivity index (χ4n) is 0.870. The molecule has 0 unspecified atom stereocenters. The number of hydrogen-bond donors (Lipinski definition) is 0. The molecular formula is C9H8N2O2. The first kappa shape index (κ1) is 9.20. The van der Waals surface area contributed by atoms with Crippen LogP contribution in [-0.2, 0) is 4.74 Å². The highest BCUT2D eigenvalue weighted by Crippen LogP contribution is 2.06. The van der Waals surface area contributed by atoms with Crippen LogP contribution < -0.4 is 0 Å². The Balaban J connectivity index is 3.01. The fourth-order valence-corrected chi connectivity index (χ4v) is 0.870. The van der Waals surface area contributed by atoms with Crippen molar-refractivity contribution in [2.24, 2.45) is 0 Å². The molecule has 0 aromatic carbocycles. The molecule has 0 aliphatic rings. The van der Waals surface area contributed by atoms with E-state index in [2.05, 4.69) is 4.98 Å². The smallest absolute Gasteiger partial charge is 0.339 e. The summed E-state index contributed by atoms with van der Waals surface area (Å²) in [5, 5.41) is 8.64. The van der Waals surface area contributed by atoms with Crippen molar-refractivity contribution >= 4 is 5.97 Å². The summed E-state index contributed by atoms with van der Waals surface area (Å²) in [7, 11) is 0. The van der Waals surface area contributed by atoms with E-state index in [4.69, 9.17) is 10.00 Å². The second kappa shape index (κ2) is 4.21. The third-order valence-corrected chi connectivity index (χ3v) is 1.44. The Hall–Kier alpha value is -1.89. The van der Waals surface area contributed by atoms with Gasteiger partial charge in [-0.25, -0.2) is 4.79 Å². The SMILES string of the molecule is CCOC(=O)c1ccncc1C#N. The van der Waals surface area contributed by atoms with Gasteiger partial charge in [0.15, 0.2) is 0 Å². The van der Waals surface area contributed by atoms with E-state index < -0.39 is 5.97 Å². The molecule has 4 heteroatoms. The van der Waals surface area contributed by atoms with Crippen LogP contribution in [0, 0.1) is 11.3 Å². The fraction of sp³-hybridized carbons (Fsp3) is 0.222. The lowest BCUT2D eigenvalue weighted by molar-refractivity contribution is 0.0526. The summed E-state index contributed by atoms with van der Waals surface area (Å²) < 4.78 is 4.75. The first-order valence-corrected chi connectivity index (χ1v) is 3.80. The van der Waals surface area contributed by atoms with Crippen LogP contribution in [0.4, 0.5) is 0 Å². The van der Waals surface area contributed by atoms with Gasteiger partial charge in [0.2, 0.25) is 0 Å². The lowest BCUT2D eigenvalue weighted by atomic mass is 10.1. The van der Waals surface area contributed by atoms with Crippen molar-refractivity contribution in [3.63, 3.8) is 0 Å². The van der Waals surface area contributed by atoms with Gasteiger partial charge in [0, 0.05) is 12.4 Å². The zero-order valence-corrected chi connectivity index (χ0v) is 7.15. The van der Waals surface area contributed by atoms with Gasteiger partial charge in [0.25, 0.3) is 0 Å². The number of nitrogens with zero attached hydrogens (tertiary/aromatic N) is 2. The van der Waals surface area contributed by atoms with Gasteiger partial charge in [0.05, 0.1) is 17.7 Å². The summed E-state index contributed by atoms with van der Waals surface area (Å²) in [6.07, 6.45) is 2.79. The third kappa shape index (κ3) is 2.03. The van der Waals surface area contributed by atoms with Gasteiger partial charge in [-0.15, -0.1) is 0 Å². The maximum atomic E-state index is 11.2. The topological polar surface area (TPSA) is 63.0 Å². The van der Waals surface area contributed by atoms with Crippen LogP contribution in [0.3, 0.4) is 0 Å². The molecule has 0 spiro atoms. The van der Waals surface area contributed by atoms with Crippen LogP contribution >= 0.6 is 0 Å². The monoisotopic (exact) mass is 176 g/mol. The van der Waals surface area contributed by atoms with E-state index in [9.17, 15) is 4.79 Å². The molecule has 1 heterocycles. The Kier molecular flexibility index (Phi) is 2.98. The summed E-state index contributed by atoms with van der Waals surface area (Å²) >= 11 is 0. The average Bonchev–Trinajstić information content (AvgIpc) is 2.18. The number of aromatic nitrogens is 1. The minimum Gasteiger partial charge on any atom is -0.462 e. The minimum absolute atomic E-state index is 0.237. The molecule has 0 bridgehead atoms. The van der Waals surface area contributed by atoms with Crippen molar-refractivity contribution in [1.29, 1.82) is 5.26 Å². The van der Waals surface area contributed by atoms with Crippen LogP contribution in [0.15, 0.2) is 18.5 Å². The van der Waals surface area contributed by atoms with Crippen LogP contribution in [0.25, 0.3) is 0 Å². The molecule has 0 fully saturated rings. The second-order valence-electron chi connectivity index (χ2n) is 2.25. The predicted octanol–water partition coefficient (Wildman–Crippen LogP) is 1.13. The number of carbonyl (C=O) groups excluding carboxylic acids is 1. The highest BCUT2D eigenvalue weighted by molar-refractivity contribution is 5.91. The van der Waals surface area contributed by atoms with Gasteiger partial charge >= 0.3 is 5.97 Å². The van der Waals surface area contributed by atoms with E-state index in [0.717, 1.165) is 0 Å². The zero-order valence-electron chi connectivity index (χ0n) is 7.15. The molecule has 0 atom stereocenters. The van der Waals surface area contributed by atoms with Gasteiger partial charge in [-0.3, -0.25) is 4.98 Å². The summed E-state index contributed by atoms with van der Waals surface area (Å²) in [6.45, 7) is 2.01. The molecule has 0 saturated heterocycles. The summed E-state index contributed by atoms with van der Waals surface area (Å²) in [5.41, 5.74) is 0.500. The van der Waals surface area contributed by atoms with Crippen molar-refractivity contribution in [2.75, 3.05) is 6.61 Å². The molecule has 0 aliphatic heterocycles. The molecule has 0 radical (unpaired) electrons. The van der Waals surface area contributed by atoms with E-state index >= 15 is 0 Å². The molecule has 4 nitrogen and oxygen atoms in total. The first-order valence-electron chi connectivity index (χ1n) is 3.80. The Bertz CT molecular complexity index is 355. The highest BCUT2D eigenvalue weighted by atomic mass is 16.5. The lowest BCUT2D eigenvalue weighted by Gasteiger charge is -2.01. The molecular weight excluding hydrogens is 168 g/mol. The van der Waals surface area contributed by atoms with Gasteiger partial charge in [-0.05, 0) is 13.0 Å². The number of hydrogen-bond acceptors (Lipinski definition) is 4. The number of pyridine rings is 1. The third-order valence-electron chi connectivity index (χ3n) is 1.44. The van der Waals surface area contributed by atoms with Gasteiger partial charge in [-0.1, -0.05) is 0 Å². The highest BCUT2D eigenvalue weighted by Gasteiger charge is 2.10. The number of ether oxygens (including phenoxy) is 1. The van der Waals surface area contributed by atoms with Crippen LogP contribution in [-0.4, -0.2) is 17.6 Å². The maximum absolute atomic E-state index is 11.2. The van der Waals surface area contributed by atoms with Crippen molar-refractivity contribution in [2.45, 2.75) is 6.92 Å². The standard InChI is InChI=1S/C9H8N2O2/c1-2-13-9(12)8-3-4-11-6-7(8)5-10/h3-4,6H,2H2,1H3. The summed E-state index contributed by atoms with van der Waals surface area (Å²) in [4.78, 5) is 15.0. The predicted molar refractivity (Wildman–Crippen MR) is 44.9 cm³/mol. The minimum atomic E-state index is -0.485. The van der Waals surface area contributed by atoms with E-state index in [0.29, 0.717) is 6.61 Å². The molecule has 0 N–H and O–H groups in total. The van der Waals surface area contributed by atoms with E-state index in [1.54, 1.807) is 6.92 Å². The Morgan fingerprint density at radius 2 is 2.54 bits per heavy atom. The average molecular weight is 176 g/mol. The van der Waals surface area contributed by atoms with Gasteiger partial charge < -0.3 is 4.74 Å². The summed E-state index contributed by atoms with van der Waals surface area (Å²) in [5.74, 6) is -0.485. The summed E-state index contributed by atoms with van der Waals surface area (Å²) in [6, 6.07) is 3.34. The van der Waals surface area contributed by atoms with Crippen LogP contribution in [0.5, 0.6) is 0 Å². The normalized spacial score (nSPS) is 8.92. The van der Waals surface area contributed by atoms with Crippen molar-refractivity contribution < 1.29 is 9.53 Å². The van der Waals surface area contributed by atoms with Gasteiger partial charge in [0.1, 0.15) is 6.07 Å². The number of carbonyl (C=O) groups is 1. The Morgan fingerprint density at radius 3 is 3.15 bits per heavy atom.